The number of ether oxygens (including phenoxy) is 2. The molecule has 4 rings (SSSR count). The van der Waals surface area contributed by atoms with Crippen LogP contribution in [-0.2, 0) is 13.2 Å². The monoisotopic (exact) mass is 394 g/mol. The maximum atomic E-state index is 14.7. The fraction of sp³-hybridized carbons (Fsp3) is 0.190. The van der Waals surface area contributed by atoms with Gasteiger partial charge in [-0.25, -0.2) is 4.39 Å². The molecule has 0 saturated heterocycles. The lowest BCUT2D eigenvalue weighted by molar-refractivity contribution is 0.0861. The van der Waals surface area contributed by atoms with Crippen molar-refractivity contribution in [3.8, 4) is 11.5 Å². The van der Waals surface area contributed by atoms with Crippen molar-refractivity contribution in [1.82, 2.24) is 14.9 Å². The van der Waals surface area contributed by atoms with Gasteiger partial charge in [-0.1, -0.05) is 6.58 Å². The van der Waals surface area contributed by atoms with Crippen LogP contribution in [0.4, 0.5) is 4.39 Å². The van der Waals surface area contributed by atoms with Crippen molar-refractivity contribution < 1.29 is 18.7 Å². The molecule has 2 aromatic rings. The zero-order valence-corrected chi connectivity index (χ0v) is 16.1. The van der Waals surface area contributed by atoms with Gasteiger partial charge in [-0.2, -0.15) is 5.10 Å². The Labute approximate surface area is 167 Å². The summed E-state index contributed by atoms with van der Waals surface area (Å²) in [5.74, 6) is 0.367. The van der Waals surface area contributed by atoms with Gasteiger partial charge in [-0.15, -0.1) is 0 Å². The third kappa shape index (κ3) is 3.56. The van der Waals surface area contributed by atoms with Gasteiger partial charge < -0.3 is 9.47 Å². The van der Waals surface area contributed by atoms with Crippen LogP contribution in [0.2, 0.25) is 0 Å². The summed E-state index contributed by atoms with van der Waals surface area (Å²) in [5, 5.41) is 5.89. The second-order valence-corrected chi connectivity index (χ2v) is 6.62. The molecular weight excluding hydrogens is 375 g/mol. The number of hydrazone groups is 1. The van der Waals surface area contributed by atoms with Crippen LogP contribution in [0, 0.1) is 5.82 Å². The first-order valence-corrected chi connectivity index (χ1v) is 8.91. The highest BCUT2D eigenvalue weighted by atomic mass is 19.1. The molecule has 0 radical (unpaired) electrons. The van der Waals surface area contributed by atoms with Crippen molar-refractivity contribution in [2.75, 3.05) is 14.2 Å². The number of carbonyl (C=O) groups excluding carboxylic acids is 1. The maximum absolute atomic E-state index is 14.7. The third-order valence-electron chi connectivity index (χ3n) is 4.72. The van der Waals surface area contributed by atoms with Gasteiger partial charge in [0, 0.05) is 13.1 Å². The number of allylic oxidation sites excluding steroid dienone is 1. The van der Waals surface area contributed by atoms with Gasteiger partial charge in [0.15, 0.2) is 5.84 Å². The Kier molecular flexibility index (Phi) is 4.75. The summed E-state index contributed by atoms with van der Waals surface area (Å²) in [6.07, 6.45) is 5.03. The predicted molar refractivity (Wildman–Crippen MR) is 105 cm³/mol. The molecule has 0 atom stereocenters. The molecular formula is C21H19FN4O3. The second-order valence-electron chi connectivity index (χ2n) is 6.62. The number of benzene rings is 1. The third-order valence-corrected chi connectivity index (χ3v) is 4.72. The molecule has 0 spiro atoms. The fourth-order valence-electron chi connectivity index (χ4n) is 3.09. The standard InChI is InChI=1S/C21H19FN4O3/c1-13-4-7-19(24-25(13)2)26-11-14-8-17(9-18(22)20(14)21(26)27)29-12-15-5-6-16(28-3)10-23-15/h4-10H,1,11-12H2,2-3H3. The number of hydrogen-bond donors (Lipinski definition) is 0. The van der Waals surface area contributed by atoms with E-state index in [2.05, 4.69) is 16.7 Å². The minimum absolute atomic E-state index is 0.0445. The summed E-state index contributed by atoms with van der Waals surface area (Å²) in [6.45, 7) is 4.22. The summed E-state index contributed by atoms with van der Waals surface area (Å²) >= 11 is 0. The van der Waals surface area contributed by atoms with E-state index in [1.54, 1.807) is 55.7 Å². The van der Waals surface area contributed by atoms with Crippen LogP contribution in [0.15, 0.2) is 60.0 Å². The Hall–Kier alpha value is -3.68. The van der Waals surface area contributed by atoms with Crippen molar-refractivity contribution in [3.63, 3.8) is 0 Å². The Morgan fingerprint density at radius 3 is 2.76 bits per heavy atom. The molecule has 0 N–H and O–H groups in total. The quantitative estimate of drug-likeness (QED) is 0.797. The minimum Gasteiger partial charge on any atom is -0.495 e. The number of halogens is 1. The first kappa shape index (κ1) is 18.7. The molecule has 7 nitrogen and oxygen atoms in total. The van der Waals surface area contributed by atoms with E-state index in [-0.39, 0.29) is 18.7 Å². The number of methoxy groups -OCH3 is 1. The SMILES string of the molecule is C=C1C=CC(N2Cc3cc(OCc4ccc(OC)cn4)cc(F)c3C2=O)=NN1C. The Morgan fingerprint density at radius 1 is 1.24 bits per heavy atom. The zero-order chi connectivity index (χ0) is 20.5. The number of likely N-dealkylation sites (N-methyl/N-ethyl adjacent to an activating group) is 1. The van der Waals surface area contributed by atoms with Crippen LogP contribution in [0.5, 0.6) is 11.5 Å². The van der Waals surface area contributed by atoms with Gasteiger partial charge in [0.05, 0.1) is 36.8 Å². The topological polar surface area (TPSA) is 67.3 Å². The van der Waals surface area contributed by atoms with Crippen LogP contribution in [0.1, 0.15) is 21.6 Å². The smallest absolute Gasteiger partial charge is 0.263 e. The fourth-order valence-corrected chi connectivity index (χ4v) is 3.09. The Morgan fingerprint density at radius 2 is 2.07 bits per heavy atom. The molecule has 0 saturated carbocycles. The van der Waals surface area contributed by atoms with E-state index in [0.29, 0.717) is 34.3 Å². The summed E-state index contributed by atoms with van der Waals surface area (Å²) < 4.78 is 25.4. The van der Waals surface area contributed by atoms with Crippen molar-refractivity contribution >= 4 is 11.7 Å². The molecule has 1 amide bonds. The van der Waals surface area contributed by atoms with Gasteiger partial charge in [-0.3, -0.25) is 19.7 Å². The number of aromatic nitrogens is 1. The zero-order valence-electron chi connectivity index (χ0n) is 16.1. The largest absolute Gasteiger partial charge is 0.495 e. The normalized spacial score (nSPS) is 15.5. The average Bonchev–Trinajstić information content (AvgIpc) is 3.06. The Bertz CT molecular complexity index is 1050. The summed E-state index contributed by atoms with van der Waals surface area (Å²) in [5.41, 5.74) is 1.97. The van der Waals surface area contributed by atoms with Crippen LogP contribution in [-0.4, -0.2) is 40.8 Å². The van der Waals surface area contributed by atoms with E-state index in [9.17, 15) is 9.18 Å². The predicted octanol–water partition coefficient (Wildman–Crippen LogP) is 3.09. The van der Waals surface area contributed by atoms with Gasteiger partial charge in [0.2, 0.25) is 0 Å². The van der Waals surface area contributed by atoms with Crippen LogP contribution < -0.4 is 9.47 Å². The van der Waals surface area contributed by atoms with Gasteiger partial charge >= 0.3 is 0 Å². The van der Waals surface area contributed by atoms with Crippen molar-refractivity contribution in [3.05, 3.63) is 77.5 Å². The van der Waals surface area contributed by atoms with E-state index < -0.39 is 11.7 Å². The minimum atomic E-state index is -0.620. The average molecular weight is 394 g/mol. The lowest BCUT2D eigenvalue weighted by Gasteiger charge is -2.23. The highest BCUT2D eigenvalue weighted by Crippen LogP contribution is 2.31. The number of nitrogens with zero attached hydrogens (tertiary/aromatic N) is 4. The summed E-state index contributed by atoms with van der Waals surface area (Å²) in [4.78, 5) is 18.4. The molecule has 0 bridgehead atoms. The van der Waals surface area contributed by atoms with E-state index in [4.69, 9.17) is 9.47 Å². The number of pyridine rings is 1. The molecule has 29 heavy (non-hydrogen) atoms. The lowest BCUT2D eigenvalue weighted by Crippen LogP contribution is -2.33. The summed E-state index contributed by atoms with van der Waals surface area (Å²) in [7, 11) is 3.30. The van der Waals surface area contributed by atoms with Crippen molar-refractivity contribution in [2.24, 2.45) is 5.10 Å². The van der Waals surface area contributed by atoms with Crippen molar-refractivity contribution in [2.45, 2.75) is 13.2 Å². The number of rotatable bonds is 4. The molecule has 0 unspecified atom stereocenters. The number of carbonyl (C=O) groups is 1. The van der Waals surface area contributed by atoms with E-state index in [1.165, 1.54) is 11.0 Å². The second kappa shape index (κ2) is 7.38. The van der Waals surface area contributed by atoms with Crippen molar-refractivity contribution in [1.29, 1.82) is 0 Å². The highest BCUT2D eigenvalue weighted by Gasteiger charge is 2.34. The molecule has 1 aromatic carbocycles. The molecule has 2 aliphatic heterocycles. The van der Waals surface area contributed by atoms with E-state index in [1.807, 2.05) is 0 Å². The molecule has 2 aliphatic rings. The molecule has 1 aromatic heterocycles. The highest BCUT2D eigenvalue weighted by molar-refractivity contribution is 6.13. The Balaban J connectivity index is 1.52. The number of amides is 1. The van der Waals surface area contributed by atoms with Gasteiger partial charge in [0.25, 0.3) is 5.91 Å². The number of amidine groups is 1. The van der Waals surface area contributed by atoms with Crippen LogP contribution in [0.3, 0.4) is 0 Å². The maximum Gasteiger partial charge on any atom is 0.263 e. The first-order chi connectivity index (χ1) is 14.0. The molecule has 3 heterocycles. The molecule has 0 aliphatic carbocycles. The van der Waals surface area contributed by atoms with E-state index >= 15 is 0 Å². The first-order valence-electron chi connectivity index (χ1n) is 8.91. The molecule has 8 heteroatoms. The van der Waals surface area contributed by atoms with E-state index in [0.717, 1.165) is 0 Å². The lowest BCUT2D eigenvalue weighted by atomic mass is 10.1. The van der Waals surface area contributed by atoms with Crippen LogP contribution in [0.25, 0.3) is 0 Å². The van der Waals surface area contributed by atoms with Gasteiger partial charge in [-0.05, 0) is 35.9 Å². The molecule has 0 fully saturated rings. The molecule has 148 valence electrons. The van der Waals surface area contributed by atoms with Gasteiger partial charge in [0.1, 0.15) is 23.9 Å². The number of hydrogen-bond acceptors (Lipinski definition) is 6. The number of fused-ring (bicyclic) bond motifs is 1. The van der Waals surface area contributed by atoms with Crippen LogP contribution >= 0.6 is 0 Å². The summed E-state index contributed by atoms with van der Waals surface area (Å²) in [6, 6.07) is 6.44.